The van der Waals surface area contributed by atoms with Gasteiger partial charge in [0.05, 0.1) is 22.8 Å². The first kappa shape index (κ1) is 17.4. The second kappa shape index (κ2) is 6.96. The Labute approximate surface area is 155 Å². The molecule has 1 aromatic carbocycles. The van der Waals surface area contributed by atoms with Gasteiger partial charge in [0.2, 0.25) is 11.8 Å². The molecule has 0 bridgehead atoms. The van der Waals surface area contributed by atoms with E-state index in [2.05, 4.69) is 20.8 Å². The highest BCUT2D eigenvalue weighted by atomic mass is 35.5. The summed E-state index contributed by atoms with van der Waals surface area (Å²) in [7, 11) is 0. The number of nitrogens with one attached hydrogen (secondary N) is 2. The van der Waals surface area contributed by atoms with E-state index < -0.39 is 11.4 Å². The molecule has 0 aliphatic heterocycles. The summed E-state index contributed by atoms with van der Waals surface area (Å²) < 4.78 is 18.5. The molecule has 0 atom stereocenters. The predicted octanol–water partition coefficient (Wildman–Crippen LogP) is 3.74. The van der Waals surface area contributed by atoms with Gasteiger partial charge in [-0.3, -0.25) is 10.1 Å². The van der Waals surface area contributed by atoms with Crippen molar-refractivity contribution in [2.45, 2.75) is 50.0 Å². The number of aromatic nitrogens is 2. The molecular formula is C18H20ClFN4O2. The molecule has 2 fully saturated rings. The minimum Gasteiger partial charge on any atom is -0.339 e. The number of amides is 1. The molecule has 2 aliphatic carbocycles. The second-order valence-corrected chi connectivity index (χ2v) is 7.45. The average Bonchev–Trinajstić information content (AvgIpc) is 3.15. The van der Waals surface area contributed by atoms with Crippen molar-refractivity contribution in [2.75, 3.05) is 11.9 Å². The fourth-order valence-corrected chi connectivity index (χ4v) is 3.63. The third-order valence-electron chi connectivity index (χ3n) is 5.05. The summed E-state index contributed by atoms with van der Waals surface area (Å²) in [4.78, 5) is 16.9. The number of benzene rings is 1. The minimum atomic E-state index is -0.445. The molecule has 0 saturated heterocycles. The van der Waals surface area contributed by atoms with Crippen LogP contribution in [-0.2, 0) is 10.3 Å². The highest BCUT2D eigenvalue weighted by Gasteiger charge is 2.41. The normalized spacial score (nSPS) is 18.8. The van der Waals surface area contributed by atoms with E-state index in [-0.39, 0.29) is 17.5 Å². The van der Waals surface area contributed by atoms with Gasteiger partial charge in [0.25, 0.3) is 0 Å². The lowest BCUT2D eigenvalue weighted by Crippen LogP contribution is -2.44. The number of anilines is 1. The summed E-state index contributed by atoms with van der Waals surface area (Å²) >= 11 is 5.95. The van der Waals surface area contributed by atoms with Gasteiger partial charge >= 0.3 is 0 Å². The standard InChI is InChI=1S/C18H20ClFN4O2/c19-13-9-12(20)5-6-14(13)22-15(25)10-21-18(7-1-2-8-18)17-23-16(26-24-17)11-3-4-11/h5-6,9,11,21H,1-4,7-8,10H2,(H,22,25). The van der Waals surface area contributed by atoms with Crippen LogP contribution in [0, 0.1) is 5.82 Å². The summed E-state index contributed by atoms with van der Waals surface area (Å²) in [5.74, 6) is 1.05. The number of halogens is 2. The van der Waals surface area contributed by atoms with Gasteiger partial charge in [0, 0.05) is 5.92 Å². The van der Waals surface area contributed by atoms with Crippen molar-refractivity contribution >= 4 is 23.2 Å². The largest absolute Gasteiger partial charge is 0.339 e. The maximum Gasteiger partial charge on any atom is 0.238 e. The number of nitrogens with zero attached hydrogens (tertiary/aromatic N) is 2. The Morgan fingerprint density at radius 2 is 2.12 bits per heavy atom. The first-order valence-corrected chi connectivity index (χ1v) is 9.27. The summed E-state index contributed by atoms with van der Waals surface area (Å²) in [6, 6.07) is 3.87. The molecule has 0 radical (unpaired) electrons. The van der Waals surface area contributed by atoms with E-state index >= 15 is 0 Å². The molecule has 1 amide bonds. The molecule has 6 nitrogen and oxygen atoms in total. The lowest BCUT2D eigenvalue weighted by atomic mass is 9.96. The Hall–Kier alpha value is -1.99. The van der Waals surface area contributed by atoms with Gasteiger partial charge in [-0.2, -0.15) is 4.98 Å². The number of carbonyl (C=O) groups is 1. The van der Waals surface area contributed by atoms with Gasteiger partial charge in [0.15, 0.2) is 5.82 Å². The number of carbonyl (C=O) groups excluding carboxylic acids is 1. The molecule has 8 heteroatoms. The SMILES string of the molecule is O=C(CNC1(c2noc(C3CC3)n2)CCCC1)Nc1ccc(F)cc1Cl. The zero-order chi connectivity index (χ0) is 18.1. The van der Waals surface area contributed by atoms with Crippen molar-refractivity contribution in [1.29, 1.82) is 0 Å². The third-order valence-corrected chi connectivity index (χ3v) is 5.36. The van der Waals surface area contributed by atoms with Crippen molar-refractivity contribution in [3.05, 3.63) is 40.8 Å². The molecule has 2 saturated carbocycles. The summed E-state index contributed by atoms with van der Waals surface area (Å²) in [6.07, 6.45) is 6.02. The van der Waals surface area contributed by atoms with Crippen molar-refractivity contribution < 1.29 is 13.7 Å². The fourth-order valence-electron chi connectivity index (χ4n) is 3.42. The first-order valence-electron chi connectivity index (χ1n) is 8.90. The summed E-state index contributed by atoms with van der Waals surface area (Å²) in [5, 5.41) is 10.4. The highest BCUT2D eigenvalue weighted by molar-refractivity contribution is 6.33. The van der Waals surface area contributed by atoms with Crippen molar-refractivity contribution in [1.82, 2.24) is 15.5 Å². The smallest absolute Gasteiger partial charge is 0.238 e. The van der Waals surface area contributed by atoms with Crippen LogP contribution in [0.3, 0.4) is 0 Å². The van der Waals surface area contributed by atoms with Gasteiger partial charge < -0.3 is 9.84 Å². The van der Waals surface area contributed by atoms with Gasteiger partial charge in [-0.1, -0.05) is 29.6 Å². The topological polar surface area (TPSA) is 80.1 Å². The fraction of sp³-hybridized carbons (Fsp3) is 0.500. The Balaban J connectivity index is 1.42. The molecule has 2 N–H and O–H groups in total. The highest BCUT2D eigenvalue weighted by Crippen LogP contribution is 2.42. The van der Waals surface area contributed by atoms with Gasteiger partial charge in [-0.25, -0.2) is 4.39 Å². The molecule has 2 aliphatic rings. The molecule has 2 aromatic rings. The van der Waals surface area contributed by atoms with E-state index in [1.807, 2.05) is 0 Å². The van der Waals surface area contributed by atoms with Crippen LogP contribution in [-0.4, -0.2) is 22.6 Å². The van der Waals surface area contributed by atoms with Gasteiger partial charge in [-0.15, -0.1) is 0 Å². The zero-order valence-electron chi connectivity index (χ0n) is 14.2. The maximum absolute atomic E-state index is 13.1. The number of hydrogen-bond acceptors (Lipinski definition) is 5. The quantitative estimate of drug-likeness (QED) is 0.800. The van der Waals surface area contributed by atoms with E-state index in [0.717, 1.165) is 38.5 Å². The van der Waals surface area contributed by atoms with Crippen LogP contribution in [0.25, 0.3) is 0 Å². The zero-order valence-corrected chi connectivity index (χ0v) is 15.0. The lowest BCUT2D eigenvalue weighted by molar-refractivity contribution is -0.115. The Morgan fingerprint density at radius 1 is 1.35 bits per heavy atom. The van der Waals surface area contributed by atoms with Crippen LogP contribution in [0.4, 0.5) is 10.1 Å². The average molecular weight is 379 g/mol. The van der Waals surface area contributed by atoms with Crippen LogP contribution in [0.1, 0.15) is 56.2 Å². The van der Waals surface area contributed by atoms with E-state index in [1.165, 1.54) is 18.2 Å². The van der Waals surface area contributed by atoms with Crippen LogP contribution in [0.15, 0.2) is 22.7 Å². The molecule has 1 heterocycles. The molecule has 26 heavy (non-hydrogen) atoms. The summed E-state index contributed by atoms with van der Waals surface area (Å²) in [5.41, 5.74) is -0.0449. The second-order valence-electron chi connectivity index (χ2n) is 7.05. The first-order chi connectivity index (χ1) is 12.6. The Morgan fingerprint density at radius 3 is 2.81 bits per heavy atom. The lowest BCUT2D eigenvalue weighted by Gasteiger charge is -2.26. The molecule has 138 valence electrons. The van der Waals surface area contributed by atoms with E-state index in [0.29, 0.717) is 23.3 Å². The molecule has 0 unspecified atom stereocenters. The van der Waals surface area contributed by atoms with E-state index in [1.54, 1.807) is 0 Å². The summed E-state index contributed by atoms with van der Waals surface area (Å²) in [6.45, 7) is 0.0843. The number of hydrogen-bond donors (Lipinski definition) is 2. The van der Waals surface area contributed by atoms with Crippen LogP contribution in [0.2, 0.25) is 5.02 Å². The van der Waals surface area contributed by atoms with Crippen LogP contribution in [0.5, 0.6) is 0 Å². The Bertz CT molecular complexity index is 815. The van der Waals surface area contributed by atoms with Crippen LogP contribution >= 0.6 is 11.6 Å². The minimum absolute atomic E-state index is 0.0843. The van der Waals surface area contributed by atoms with E-state index in [9.17, 15) is 9.18 Å². The van der Waals surface area contributed by atoms with Crippen molar-refractivity contribution in [3.63, 3.8) is 0 Å². The van der Waals surface area contributed by atoms with Crippen LogP contribution < -0.4 is 10.6 Å². The van der Waals surface area contributed by atoms with E-state index in [4.69, 9.17) is 16.1 Å². The molecular weight excluding hydrogens is 359 g/mol. The number of rotatable bonds is 6. The molecule has 0 spiro atoms. The monoisotopic (exact) mass is 378 g/mol. The maximum atomic E-state index is 13.1. The van der Waals surface area contributed by atoms with Gasteiger partial charge in [-0.05, 0) is 43.9 Å². The predicted molar refractivity (Wildman–Crippen MR) is 94.5 cm³/mol. The van der Waals surface area contributed by atoms with Crippen molar-refractivity contribution in [2.24, 2.45) is 0 Å². The Kier molecular flexibility index (Phi) is 4.67. The van der Waals surface area contributed by atoms with Crippen molar-refractivity contribution in [3.8, 4) is 0 Å². The molecule has 4 rings (SSSR count). The third kappa shape index (κ3) is 3.59. The molecule has 1 aromatic heterocycles. The van der Waals surface area contributed by atoms with Gasteiger partial charge in [0.1, 0.15) is 5.82 Å².